The van der Waals surface area contributed by atoms with E-state index in [1.165, 1.54) is 5.56 Å². The lowest BCUT2D eigenvalue weighted by molar-refractivity contribution is 0.340. The molecule has 1 N–H and O–H groups in total. The summed E-state index contributed by atoms with van der Waals surface area (Å²) in [6, 6.07) is 10.3. The Morgan fingerprint density at radius 3 is 2.62 bits per heavy atom. The lowest BCUT2D eigenvalue weighted by atomic mass is 10.1. The molecular formula is C13H18N2O. The van der Waals surface area contributed by atoms with E-state index in [4.69, 9.17) is 10.00 Å². The van der Waals surface area contributed by atoms with E-state index in [9.17, 15) is 0 Å². The molecule has 0 aliphatic heterocycles. The first kappa shape index (κ1) is 12.5. The molecule has 1 rings (SSSR count). The molecule has 0 saturated carbocycles. The van der Waals surface area contributed by atoms with E-state index in [0.717, 1.165) is 25.3 Å². The van der Waals surface area contributed by atoms with Crippen molar-refractivity contribution in [2.45, 2.75) is 19.8 Å². The van der Waals surface area contributed by atoms with Crippen LogP contribution in [0.2, 0.25) is 0 Å². The first-order chi connectivity index (χ1) is 7.86. The van der Waals surface area contributed by atoms with Crippen LogP contribution in [0.1, 0.15) is 18.9 Å². The van der Waals surface area contributed by atoms with Crippen molar-refractivity contribution in [3.05, 3.63) is 29.8 Å². The number of benzene rings is 1. The van der Waals surface area contributed by atoms with Crippen LogP contribution in [0.15, 0.2) is 24.3 Å². The molecule has 0 aliphatic rings. The van der Waals surface area contributed by atoms with E-state index < -0.39 is 0 Å². The third-order valence-corrected chi connectivity index (χ3v) is 2.24. The van der Waals surface area contributed by atoms with Gasteiger partial charge in [-0.05, 0) is 37.6 Å². The summed E-state index contributed by atoms with van der Waals surface area (Å²) in [5.74, 6) is 0.920. The summed E-state index contributed by atoms with van der Waals surface area (Å²) in [6.45, 7) is 4.37. The highest BCUT2D eigenvalue weighted by atomic mass is 16.5. The van der Waals surface area contributed by atoms with E-state index in [1.807, 2.05) is 19.1 Å². The zero-order valence-corrected chi connectivity index (χ0v) is 9.70. The molecule has 0 radical (unpaired) electrons. The van der Waals surface area contributed by atoms with E-state index in [0.29, 0.717) is 13.0 Å². The Morgan fingerprint density at radius 1 is 1.25 bits per heavy atom. The second-order valence-corrected chi connectivity index (χ2v) is 3.49. The maximum atomic E-state index is 8.36. The van der Waals surface area contributed by atoms with Gasteiger partial charge in [-0.3, -0.25) is 0 Å². The zero-order chi connectivity index (χ0) is 11.6. The molecular weight excluding hydrogens is 200 g/mol. The van der Waals surface area contributed by atoms with Gasteiger partial charge in [0, 0.05) is 13.0 Å². The van der Waals surface area contributed by atoms with Gasteiger partial charge in [-0.15, -0.1) is 0 Å². The van der Waals surface area contributed by atoms with Crippen molar-refractivity contribution >= 4 is 0 Å². The zero-order valence-electron chi connectivity index (χ0n) is 9.70. The molecule has 0 atom stereocenters. The van der Waals surface area contributed by atoms with E-state index in [2.05, 4.69) is 23.5 Å². The Kier molecular flexibility index (Phi) is 6.05. The largest absolute Gasteiger partial charge is 0.494 e. The predicted molar refractivity (Wildman–Crippen MR) is 64.4 cm³/mol. The van der Waals surface area contributed by atoms with Gasteiger partial charge in [0.05, 0.1) is 12.7 Å². The van der Waals surface area contributed by atoms with Gasteiger partial charge in [0.2, 0.25) is 0 Å². The molecule has 0 bridgehead atoms. The molecule has 0 spiro atoms. The highest BCUT2D eigenvalue weighted by Gasteiger charge is 1.94. The quantitative estimate of drug-likeness (QED) is 0.713. The molecule has 3 heteroatoms. The topological polar surface area (TPSA) is 45.0 Å². The van der Waals surface area contributed by atoms with E-state index in [1.54, 1.807) is 0 Å². The second-order valence-electron chi connectivity index (χ2n) is 3.49. The summed E-state index contributed by atoms with van der Waals surface area (Å²) in [4.78, 5) is 0. The minimum Gasteiger partial charge on any atom is -0.494 e. The molecule has 0 saturated heterocycles. The minimum absolute atomic E-state index is 0.573. The predicted octanol–water partition coefficient (Wildman–Crippen LogP) is 2.13. The summed E-state index contributed by atoms with van der Waals surface area (Å²) < 4.78 is 5.37. The Morgan fingerprint density at radius 2 is 2.00 bits per heavy atom. The number of rotatable bonds is 7. The van der Waals surface area contributed by atoms with Gasteiger partial charge in [-0.2, -0.15) is 5.26 Å². The van der Waals surface area contributed by atoms with Gasteiger partial charge in [-0.25, -0.2) is 0 Å². The fourth-order valence-corrected chi connectivity index (χ4v) is 1.42. The van der Waals surface area contributed by atoms with Crippen LogP contribution in [0.25, 0.3) is 0 Å². The van der Waals surface area contributed by atoms with E-state index >= 15 is 0 Å². The maximum absolute atomic E-state index is 8.36. The molecule has 1 aromatic rings. The smallest absolute Gasteiger partial charge is 0.119 e. The summed E-state index contributed by atoms with van der Waals surface area (Å²) in [5, 5.41) is 11.6. The van der Waals surface area contributed by atoms with Crippen molar-refractivity contribution in [1.29, 1.82) is 5.26 Å². The lowest BCUT2D eigenvalue weighted by Crippen LogP contribution is -2.18. The minimum atomic E-state index is 0.573. The van der Waals surface area contributed by atoms with Crippen LogP contribution < -0.4 is 10.1 Å². The highest BCUT2D eigenvalue weighted by molar-refractivity contribution is 5.27. The van der Waals surface area contributed by atoms with Crippen LogP contribution in [-0.2, 0) is 6.42 Å². The SMILES string of the molecule is CCOc1ccc(CCNCCC#N)cc1. The average Bonchev–Trinajstić information content (AvgIpc) is 2.31. The molecule has 1 aromatic carbocycles. The number of ether oxygens (including phenoxy) is 1. The van der Waals surface area contributed by atoms with Crippen molar-refractivity contribution in [3.63, 3.8) is 0 Å². The average molecular weight is 218 g/mol. The Bertz CT molecular complexity index is 327. The standard InChI is InChI=1S/C13H18N2O/c1-2-16-13-6-4-12(5-7-13)8-11-15-10-3-9-14/h4-7,15H,2-3,8,10-11H2,1H3. The van der Waals surface area contributed by atoms with E-state index in [-0.39, 0.29) is 0 Å². The summed E-state index contributed by atoms with van der Waals surface area (Å²) >= 11 is 0. The lowest BCUT2D eigenvalue weighted by Gasteiger charge is -2.05. The van der Waals surface area contributed by atoms with Crippen LogP contribution in [0.5, 0.6) is 5.75 Å². The molecule has 0 fully saturated rings. The molecule has 0 heterocycles. The molecule has 3 nitrogen and oxygen atoms in total. The Hall–Kier alpha value is -1.53. The van der Waals surface area contributed by atoms with Crippen molar-refractivity contribution in [2.75, 3.05) is 19.7 Å². The molecule has 0 aliphatic carbocycles. The normalized spacial score (nSPS) is 9.75. The Balaban J connectivity index is 2.24. The molecule has 16 heavy (non-hydrogen) atoms. The van der Waals surface area contributed by atoms with Crippen LogP contribution >= 0.6 is 0 Å². The fraction of sp³-hybridized carbons (Fsp3) is 0.462. The first-order valence-corrected chi connectivity index (χ1v) is 5.66. The maximum Gasteiger partial charge on any atom is 0.119 e. The van der Waals surface area contributed by atoms with Crippen molar-refractivity contribution in [2.24, 2.45) is 0 Å². The Labute approximate surface area is 97.0 Å². The fourth-order valence-electron chi connectivity index (χ4n) is 1.42. The summed E-state index contributed by atoms with van der Waals surface area (Å²) in [5.41, 5.74) is 1.29. The van der Waals surface area contributed by atoms with Gasteiger partial charge >= 0.3 is 0 Å². The number of hydrogen-bond donors (Lipinski definition) is 1. The van der Waals surface area contributed by atoms with Crippen molar-refractivity contribution in [3.8, 4) is 11.8 Å². The number of nitrogens with one attached hydrogen (secondary N) is 1. The third-order valence-electron chi connectivity index (χ3n) is 2.24. The number of nitrogens with zero attached hydrogens (tertiary/aromatic N) is 1. The molecule has 0 unspecified atom stereocenters. The van der Waals surface area contributed by atoms with Gasteiger partial charge < -0.3 is 10.1 Å². The molecule has 0 aromatic heterocycles. The monoisotopic (exact) mass is 218 g/mol. The summed E-state index contributed by atoms with van der Waals surface area (Å²) in [7, 11) is 0. The molecule has 0 amide bonds. The van der Waals surface area contributed by atoms with Gasteiger partial charge in [-0.1, -0.05) is 12.1 Å². The third kappa shape index (κ3) is 4.81. The number of nitriles is 1. The van der Waals surface area contributed by atoms with Crippen molar-refractivity contribution < 1.29 is 4.74 Å². The van der Waals surface area contributed by atoms with Gasteiger partial charge in [0.15, 0.2) is 0 Å². The summed E-state index contributed by atoms with van der Waals surface area (Å²) in [6.07, 6.45) is 1.56. The van der Waals surface area contributed by atoms with Crippen LogP contribution in [0.4, 0.5) is 0 Å². The van der Waals surface area contributed by atoms with Crippen LogP contribution in [-0.4, -0.2) is 19.7 Å². The van der Waals surface area contributed by atoms with Gasteiger partial charge in [0.1, 0.15) is 5.75 Å². The van der Waals surface area contributed by atoms with Gasteiger partial charge in [0.25, 0.3) is 0 Å². The number of hydrogen-bond acceptors (Lipinski definition) is 3. The van der Waals surface area contributed by atoms with Crippen molar-refractivity contribution in [1.82, 2.24) is 5.32 Å². The van der Waals surface area contributed by atoms with Crippen LogP contribution in [0, 0.1) is 11.3 Å². The second kappa shape index (κ2) is 7.72. The molecule has 86 valence electrons. The first-order valence-electron chi connectivity index (χ1n) is 5.66. The van der Waals surface area contributed by atoms with Crippen LogP contribution in [0.3, 0.4) is 0 Å². The highest BCUT2D eigenvalue weighted by Crippen LogP contribution is 2.12.